The van der Waals surface area contributed by atoms with Crippen molar-refractivity contribution in [3.8, 4) is 11.3 Å². The van der Waals surface area contributed by atoms with Gasteiger partial charge in [0.2, 0.25) is 0 Å². The lowest BCUT2D eigenvalue weighted by Gasteiger charge is -2.11. The van der Waals surface area contributed by atoms with Crippen molar-refractivity contribution in [1.82, 2.24) is 4.98 Å². The molecule has 0 aliphatic rings. The van der Waals surface area contributed by atoms with Crippen LogP contribution in [0.1, 0.15) is 5.56 Å². The summed E-state index contributed by atoms with van der Waals surface area (Å²) in [6, 6.07) is 27.3. The average Bonchev–Trinajstić information content (AvgIpc) is 2.72. The summed E-state index contributed by atoms with van der Waals surface area (Å²) in [6.45, 7) is 0.0352. The Morgan fingerprint density at radius 2 is 1.42 bits per heavy atom. The van der Waals surface area contributed by atoms with E-state index >= 15 is 0 Å². The van der Waals surface area contributed by atoms with Crippen molar-refractivity contribution in [2.24, 2.45) is 0 Å². The number of nitrogens with zero attached hydrogens (tertiary/aromatic N) is 1. The van der Waals surface area contributed by atoms with Crippen LogP contribution in [0, 0.1) is 0 Å². The molecule has 26 heavy (non-hydrogen) atoms. The Morgan fingerprint density at radius 3 is 2.35 bits per heavy atom. The van der Waals surface area contributed by atoms with Crippen LogP contribution < -0.4 is 0 Å². The van der Waals surface area contributed by atoms with Crippen molar-refractivity contribution in [3.05, 3.63) is 90.6 Å². The van der Waals surface area contributed by atoms with E-state index in [0.717, 1.165) is 22.2 Å². The molecule has 0 bridgehead atoms. The highest BCUT2D eigenvalue weighted by Gasteiger charge is 2.10. The SMILES string of the molecule is OCc1cccc(-c2nccc3c2ccc2c4ccccc4ccc32)c1. The molecule has 0 spiro atoms. The fraction of sp³-hybridized carbons (Fsp3) is 0.0417. The summed E-state index contributed by atoms with van der Waals surface area (Å²) in [5.41, 5.74) is 2.88. The predicted octanol–water partition coefficient (Wildman–Crippen LogP) is 5.70. The van der Waals surface area contributed by atoms with E-state index in [2.05, 4.69) is 59.6 Å². The Morgan fingerprint density at radius 1 is 0.654 bits per heavy atom. The largest absolute Gasteiger partial charge is 0.392 e. The molecule has 0 atom stereocenters. The second kappa shape index (κ2) is 5.94. The first-order valence-corrected chi connectivity index (χ1v) is 8.74. The molecule has 0 saturated carbocycles. The van der Waals surface area contributed by atoms with Gasteiger partial charge in [0.15, 0.2) is 0 Å². The average molecular weight is 335 g/mol. The normalized spacial score (nSPS) is 11.4. The molecule has 5 rings (SSSR count). The first-order chi connectivity index (χ1) is 12.8. The van der Waals surface area contributed by atoms with Crippen molar-refractivity contribution >= 4 is 32.3 Å². The molecule has 124 valence electrons. The smallest absolute Gasteiger partial charge is 0.0780 e. The van der Waals surface area contributed by atoms with Gasteiger partial charge in [-0.15, -0.1) is 0 Å². The maximum absolute atomic E-state index is 9.44. The van der Waals surface area contributed by atoms with Crippen LogP contribution >= 0.6 is 0 Å². The van der Waals surface area contributed by atoms with Gasteiger partial charge >= 0.3 is 0 Å². The molecular weight excluding hydrogens is 318 g/mol. The number of fused-ring (bicyclic) bond motifs is 5. The minimum absolute atomic E-state index is 0.0352. The third-order valence-corrected chi connectivity index (χ3v) is 5.05. The molecule has 2 nitrogen and oxygen atoms in total. The summed E-state index contributed by atoms with van der Waals surface area (Å²) in [4.78, 5) is 4.64. The number of aromatic nitrogens is 1. The quantitative estimate of drug-likeness (QED) is 0.420. The van der Waals surface area contributed by atoms with Crippen LogP contribution in [0.2, 0.25) is 0 Å². The molecule has 5 aromatic rings. The van der Waals surface area contributed by atoms with Crippen LogP contribution in [0.15, 0.2) is 85.1 Å². The van der Waals surface area contributed by atoms with E-state index in [0.29, 0.717) is 0 Å². The molecule has 0 radical (unpaired) electrons. The molecule has 1 aromatic heterocycles. The zero-order valence-electron chi connectivity index (χ0n) is 14.2. The highest BCUT2D eigenvalue weighted by atomic mass is 16.3. The summed E-state index contributed by atoms with van der Waals surface area (Å²) in [7, 11) is 0. The van der Waals surface area contributed by atoms with Crippen molar-refractivity contribution in [3.63, 3.8) is 0 Å². The summed E-state index contributed by atoms with van der Waals surface area (Å²) < 4.78 is 0. The van der Waals surface area contributed by atoms with Gasteiger partial charge in [0.05, 0.1) is 12.3 Å². The number of pyridine rings is 1. The van der Waals surface area contributed by atoms with Gasteiger partial charge in [0, 0.05) is 17.1 Å². The maximum Gasteiger partial charge on any atom is 0.0780 e. The van der Waals surface area contributed by atoms with Crippen LogP contribution in [0.5, 0.6) is 0 Å². The molecular formula is C24H17NO. The molecule has 0 fully saturated rings. The monoisotopic (exact) mass is 335 g/mol. The van der Waals surface area contributed by atoms with Crippen LogP contribution in [0.4, 0.5) is 0 Å². The zero-order valence-corrected chi connectivity index (χ0v) is 14.2. The maximum atomic E-state index is 9.44. The standard InChI is InChI=1S/C24H17NO/c26-15-16-4-3-6-18(14-16)24-23-11-10-20-19-7-2-1-5-17(19)8-9-21(20)22(23)12-13-25-24/h1-14,26H,15H2. The molecule has 1 heterocycles. The lowest BCUT2D eigenvalue weighted by molar-refractivity contribution is 0.282. The predicted molar refractivity (Wildman–Crippen MR) is 108 cm³/mol. The number of hydrogen-bond donors (Lipinski definition) is 1. The second-order valence-electron chi connectivity index (χ2n) is 6.56. The van der Waals surface area contributed by atoms with E-state index in [1.807, 2.05) is 30.5 Å². The highest BCUT2D eigenvalue weighted by molar-refractivity contribution is 6.18. The van der Waals surface area contributed by atoms with Gasteiger partial charge in [-0.05, 0) is 44.6 Å². The van der Waals surface area contributed by atoms with Crippen molar-refractivity contribution in [2.45, 2.75) is 6.61 Å². The van der Waals surface area contributed by atoms with Crippen LogP contribution in [-0.4, -0.2) is 10.1 Å². The Bertz CT molecular complexity index is 1270. The molecule has 2 heteroatoms. The number of aliphatic hydroxyl groups is 1. The third-order valence-electron chi connectivity index (χ3n) is 5.05. The number of rotatable bonds is 2. The second-order valence-corrected chi connectivity index (χ2v) is 6.56. The fourth-order valence-electron chi connectivity index (χ4n) is 3.80. The summed E-state index contributed by atoms with van der Waals surface area (Å²) in [5, 5.41) is 16.8. The van der Waals surface area contributed by atoms with Crippen molar-refractivity contribution < 1.29 is 5.11 Å². The van der Waals surface area contributed by atoms with Gasteiger partial charge in [-0.25, -0.2) is 0 Å². The zero-order chi connectivity index (χ0) is 17.5. The Hall–Kier alpha value is -3.23. The molecule has 4 aromatic carbocycles. The fourth-order valence-corrected chi connectivity index (χ4v) is 3.80. The first kappa shape index (κ1) is 15.1. The van der Waals surface area contributed by atoms with E-state index in [9.17, 15) is 5.11 Å². The van der Waals surface area contributed by atoms with Crippen molar-refractivity contribution in [1.29, 1.82) is 0 Å². The van der Waals surface area contributed by atoms with Gasteiger partial charge in [-0.3, -0.25) is 4.98 Å². The minimum atomic E-state index is 0.0352. The summed E-state index contributed by atoms with van der Waals surface area (Å²) in [5.74, 6) is 0. The molecule has 0 saturated heterocycles. The van der Waals surface area contributed by atoms with Crippen LogP contribution in [-0.2, 0) is 6.61 Å². The number of benzene rings is 4. The minimum Gasteiger partial charge on any atom is -0.392 e. The van der Waals surface area contributed by atoms with E-state index in [1.54, 1.807) is 0 Å². The summed E-state index contributed by atoms with van der Waals surface area (Å²) in [6.07, 6.45) is 1.87. The van der Waals surface area contributed by atoms with Crippen LogP contribution in [0.3, 0.4) is 0 Å². The Labute approximate surface area is 151 Å². The van der Waals surface area contributed by atoms with Crippen LogP contribution in [0.25, 0.3) is 43.6 Å². The number of aliphatic hydroxyl groups excluding tert-OH is 1. The lowest BCUT2D eigenvalue weighted by Crippen LogP contribution is -1.90. The van der Waals surface area contributed by atoms with Gasteiger partial charge in [0.1, 0.15) is 0 Å². The van der Waals surface area contributed by atoms with Crippen molar-refractivity contribution in [2.75, 3.05) is 0 Å². The number of hydrogen-bond acceptors (Lipinski definition) is 2. The van der Waals surface area contributed by atoms with E-state index < -0.39 is 0 Å². The third kappa shape index (κ3) is 2.27. The van der Waals surface area contributed by atoms with Gasteiger partial charge in [-0.1, -0.05) is 66.7 Å². The molecule has 0 amide bonds. The molecule has 0 unspecified atom stereocenters. The van der Waals surface area contributed by atoms with Gasteiger partial charge in [0.25, 0.3) is 0 Å². The lowest BCUT2D eigenvalue weighted by atomic mass is 9.95. The van der Waals surface area contributed by atoms with Gasteiger partial charge in [-0.2, -0.15) is 0 Å². The Balaban J connectivity index is 1.85. The first-order valence-electron chi connectivity index (χ1n) is 8.74. The topological polar surface area (TPSA) is 33.1 Å². The molecule has 0 aliphatic heterocycles. The molecule has 1 N–H and O–H groups in total. The van der Waals surface area contributed by atoms with E-state index in [-0.39, 0.29) is 6.61 Å². The van der Waals surface area contributed by atoms with E-state index in [1.165, 1.54) is 26.9 Å². The highest BCUT2D eigenvalue weighted by Crippen LogP contribution is 2.34. The summed E-state index contributed by atoms with van der Waals surface area (Å²) >= 11 is 0. The van der Waals surface area contributed by atoms with E-state index in [4.69, 9.17) is 0 Å². The molecule has 0 aliphatic carbocycles. The Kier molecular flexibility index (Phi) is 3.44. The van der Waals surface area contributed by atoms with Gasteiger partial charge < -0.3 is 5.11 Å².